The Balaban J connectivity index is 2.40. The Kier molecular flexibility index (Phi) is 4.88. The largest absolute Gasteiger partial charge is 0.496 e. The van der Waals surface area contributed by atoms with Gasteiger partial charge in [0.2, 0.25) is 0 Å². The molecule has 0 saturated heterocycles. The molecular weight excluding hydrogens is 282 g/mol. The predicted octanol–water partition coefficient (Wildman–Crippen LogP) is 3.27. The molecule has 0 atom stereocenters. The van der Waals surface area contributed by atoms with Gasteiger partial charge in [-0.1, -0.05) is 12.1 Å². The van der Waals surface area contributed by atoms with Gasteiger partial charge in [-0.15, -0.1) is 0 Å². The third-order valence-electron chi connectivity index (χ3n) is 3.26. The fourth-order valence-corrected chi connectivity index (χ4v) is 2.18. The van der Waals surface area contributed by atoms with Crippen LogP contribution in [0, 0.1) is 6.92 Å². The van der Waals surface area contributed by atoms with Gasteiger partial charge in [0.1, 0.15) is 22.8 Å². The van der Waals surface area contributed by atoms with Gasteiger partial charge in [-0.2, -0.15) is 0 Å². The zero-order chi connectivity index (χ0) is 16.1. The van der Waals surface area contributed by atoms with Crippen molar-refractivity contribution < 1.29 is 19.0 Å². The molecule has 0 aliphatic heterocycles. The molecule has 2 rings (SSSR count). The molecule has 0 saturated carbocycles. The van der Waals surface area contributed by atoms with Crippen LogP contribution in [0.2, 0.25) is 0 Å². The molecule has 0 spiro atoms. The minimum absolute atomic E-state index is 0.321. The smallest absolute Gasteiger partial charge is 0.263 e. The number of carbonyl (C=O) groups is 1. The summed E-state index contributed by atoms with van der Waals surface area (Å²) in [5.41, 5.74) is 1.96. The molecule has 0 bridgehead atoms. The Hall–Kier alpha value is -2.69. The molecular formula is C17H19NO4. The standard InChI is InChI=1S/C17H19NO4/c1-11-8-9-13(20-2)12(10-11)18-17(19)16-14(21-3)6-5-7-15(16)22-4/h5-10H,1-4H3,(H,18,19). The minimum atomic E-state index is -0.321. The Bertz CT molecular complexity index is 660. The molecule has 0 aliphatic rings. The van der Waals surface area contributed by atoms with Gasteiger partial charge in [0.25, 0.3) is 5.91 Å². The first kappa shape index (κ1) is 15.7. The van der Waals surface area contributed by atoms with E-state index in [1.54, 1.807) is 25.3 Å². The Morgan fingerprint density at radius 3 is 2.05 bits per heavy atom. The zero-order valence-electron chi connectivity index (χ0n) is 13.1. The van der Waals surface area contributed by atoms with E-state index in [0.717, 1.165) is 5.56 Å². The van der Waals surface area contributed by atoms with E-state index in [-0.39, 0.29) is 5.91 Å². The first-order valence-electron chi connectivity index (χ1n) is 6.77. The lowest BCUT2D eigenvalue weighted by molar-refractivity contribution is 0.102. The normalized spacial score (nSPS) is 10.0. The maximum Gasteiger partial charge on any atom is 0.263 e. The maximum atomic E-state index is 12.6. The fourth-order valence-electron chi connectivity index (χ4n) is 2.18. The molecule has 5 nitrogen and oxygen atoms in total. The number of anilines is 1. The van der Waals surface area contributed by atoms with Crippen molar-refractivity contribution in [1.29, 1.82) is 0 Å². The number of hydrogen-bond acceptors (Lipinski definition) is 4. The van der Waals surface area contributed by atoms with E-state index in [1.807, 2.05) is 25.1 Å². The van der Waals surface area contributed by atoms with E-state index < -0.39 is 0 Å². The lowest BCUT2D eigenvalue weighted by Gasteiger charge is -2.15. The number of rotatable bonds is 5. The molecule has 0 aromatic heterocycles. The van der Waals surface area contributed by atoms with Crippen molar-refractivity contribution in [3.05, 3.63) is 47.5 Å². The Labute approximate surface area is 129 Å². The number of hydrogen-bond donors (Lipinski definition) is 1. The Morgan fingerprint density at radius 2 is 1.50 bits per heavy atom. The number of carbonyl (C=O) groups excluding carboxylic acids is 1. The second-order valence-electron chi connectivity index (χ2n) is 4.70. The van der Waals surface area contributed by atoms with Gasteiger partial charge < -0.3 is 19.5 Å². The van der Waals surface area contributed by atoms with Crippen molar-refractivity contribution in [3.8, 4) is 17.2 Å². The topological polar surface area (TPSA) is 56.8 Å². The predicted molar refractivity (Wildman–Crippen MR) is 85.2 cm³/mol. The van der Waals surface area contributed by atoms with E-state index >= 15 is 0 Å². The number of ether oxygens (including phenoxy) is 3. The summed E-state index contributed by atoms with van der Waals surface area (Å²) in [7, 11) is 4.58. The molecule has 0 heterocycles. The number of nitrogens with one attached hydrogen (secondary N) is 1. The third-order valence-corrected chi connectivity index (χ3v) is 3.26. The summed E-state index contributed by atoms with van der Waals surface area (Å²) in [6.07, 6.45) is 0. The van der Waals surface area contributed by atoms with Crippen LogP contribution in [0.3, 0.4) is 0 Å². The third kappa shape index (κ3) is 3.14. The van der Waals surface area contributed by atoms with Crippen LogP contribution in [-0.2, 0) is 0 Å². The summed E-state index contributed by atoms with van der Waals surface area (Å²) in [5.74, 6) is 1.16. The summed E-state index contributed by atoms with van der Waals surface area (Å²) in [6, 6.07) is 10.8. The molecule has 1 amide bonds. The van der Waals surface area contributed by atoms with Gasteiger partial charge in [-0.3, -0.25) is 4.79 Å². The average molecular weight is 301 g/mol. The van der Waals surface area contributed by atoms with Crippen molar-refractivity contribution in [2.75, 3.05) is 26.6 Å². The van der Waals surface area contributed by atoms with Gasteiger partial charge in [0.05, 0.1) is 27.0 Å². The molecule has 1 N–H and O–H groups in total. The number of aryl methyl sites for hydroxylation is 1. The van der Waals surface area contributed by atoms with Gasteiger partial charge in [-0.25, -0.2) is 0 Å². The van der Waals surface area contributed by atoms with Gasteiger partial charge in [-0.05, 0) is 36.8 Å². The van der Waals surface area contributed by atoms with E-state index in [2.05, 4.69) is 5.32 Å². The van der Waals surface area contributed by atoms with E-state index in [0.29, 0.717) is 28.5 Å². The number of benzene rings is 2. The van der Waals surface area contributed by atoms with Crippen LogP contribution in [0.5, 0.6) is 17.2 Å². The molecule has 2 aromatic rings. The van der Waals surface area contributed by atoms with E-state index in [9.17, 15) is 4.79 Å². The summed E-state index contributed by atoms with van der Waals surface area (Å²) in [4.78, 5) is 12.6. The molecule has 116 valence electrons. The van der Waals surface area contributed by atoms with Crippen LogP contribution in [0.25, 0.3) is 0 Å². The van der Waals surface area contributed by atoms with Crippen LogP contribution >= 0.6 is 0 Å². The van der Waals surface area contributed by atoms with Crippen molar-refractivity contribution in [3.63, 3.8) is 0 Å². The molecule has 0 unspecified atom stereocenters. The highest BCUT2D eigenvalue weighted by Gasteiger charge is 2.19. The zero-order valence-corrected chi connectivity index (χ0v) is 13.1. The summed E-state index contributed by atoms with van der Waals surface area (Å²) in [5, 5.41) is 2.84. The minimum Gasteiger partial charge on any atom is -0.496 e. The quantitative estimate of drug-likeness (QED) is 0.921. The van der Waals surface area contributed by atoms with Gasteiger partial charge >= 0.3 is 0 Å². The van der Waals surface area contributed by atoms with Crippen LogP contribution in [0.15, 0.2) is 36.4 Å². The highest BCUT2D eigenvalue weighted by molar-refractivity contribution is 6.08. The number of amides is 1. The van der Waals surface area contributed by atoms with Crippen LogP contribution in [-0.4, -0.2) is 27.2 Å². The summed E-state index contributed by atoms with van der Waals surface area (Å²) >= 11 is 0. The maximum absolute atomic E-state index is 12.6. The first-order valence-corrected chi connectivity index (χ1v) is 6.77. The lowest BCUT2D eigenvalue weighted by Crippen LogP contribution is -2.15. The van der Waals surface area contributed by atoms with E-state index in [4.69, 9.17) is 14.2 Å². The highest BCUT2D eigenvalue weighted by Crippen LogP contribution is 2.31. The van der Waals surface area contributed by atoms with E-state index in [1.165, 1.54) is 14.2 Å². The molecule has 0 radical (unpaired) electrons. The van der Waals surface area contributed by atoms with Crippen molar-refractivity contribution in [2.45, 2.75) is 6.92 Å². The molecule has 0 fully saturated rings. The summed E-state index contributed by atoms with van der Waals surface area (Å²) < 4.78 is 15.8. The second kappa shape index (κ2) is 6.85. The van der Waals surface area contributed by atoms with Crippen LogP contribution in [0.1, 0.15) is 15.9 Å². The average Bonchev–Trinajstić information content (AvgIpc) is 2.54. The van der Waals surface area contributed by atoms with Gasteiger partial charge in [0.15, 0.2) is 0 Å². The van der Waals surface area contributed by atoms with Crippen molar-refractivity contribution in [1.82, 2.24) is 0 Å². The van der Waals surface area contributed by atoms with Crippen LogP contribution in [0.4, 0.5) is 5.69 Å². The first-order chi connectivity index (χ1) is 10.6. The fraction of sp³-hybridized carbons (Fsp3) is 0.235. The highest BCUT2D eigenvalue weighted by atomic mass is 16.5. The summed E-state index contributed by atoms with van der Waals surface area (Å²) in [6.45, 7) is 1.94. The molecule has 0 aliphatic carbocycles. The van der Waals surface area contributed by atoms with Gasteiger partial charge in [0, 0.05) is 0 Å². The SMILES string of the molecule is COc1ccc(C)cc1NC(=O)c1c(OC)cccc1OC. The Morgan fingerprint density at radius 1 is 0.909 bits per heavy atom. The second-order valence-corrected chi connectivity index (χ2v) is 4.70. The monoisotopic (exact) mass is 301 g/mol. The molecule has 22 heavy (non-hydrogen) atoms. The van der Waals surface area contributed by atoms with Crippen LogP contribution < -0.4 is 19.5 Å². The molecule has 5 heteroatoms. The molecule has 2 aromatic carbocycles. The van der Waals surface area contributed by atoms with Crippen molar-refractivity contribution in [2.24, 2.45) is 0 Å². The lowest BCUT2D eigenvalue weighted by atomic mass is 10.1. The number of methoxy groups -OCH3 is 3. The van der Waals surface area contributed by atoms with Crippen molar-refractivity contribution >= 4 is 11.6 Å².